The lowest BCUT2D eigenvalue weighted by atomic mass is 10.2. The van der Waals surface area contributed by atoms with Crippen molar-refractivity contribution < 1.29 is 9.18 Å². The molecule has 2 N–H and O–H groups in total. The third-order valence-corrected chi connectivity index (χ3v) is 4.55. The van der Waals surface area contributed by atoms with Gasteiger partial charge in [0.1, 0.15) is 5.82 Å². The minimum Gasteiger partial charge on any atom is -0.326 e. The Morgan fingerprint density at radius 3 is 2.77 bits per heavy atom. The summed E-state index contributed by atoms with van der Waals surface area (Å²) in [4.78, 5) is 17.2. The first-order valence-electron chi connectivity index (χ1n) is 9.61. The number of anilines is 1. The van der Waals surface area contributed by atoms with Crippen molar-refractivity contribution in [2.24, 2.45) is 4.99 Å². The normalized spacial score (nSPS) is 11.4. The number of nitrogens with one attached hydrogen (secondary N) is 2. The topological polar surface area (TPSA) is 71.3 Å². The van der Waals surface area contributed by atoms with Gasteiger partial charge < -0.3 is 5.32 Å². The van der Waals surface area contributed by atoms with Crippen molar-refractivity contribution in [3.63, 3.8) is 0 Å². The van der Waals surface area contributed by atoms with Gasteiger partial charge in [-0.2, -0.15) is 5.10 Å². The van der Waals surface area contributed by atoms with Gasteiger partial charge in [-0.3, -0.25) is 14.8 Å². The number of amides is 1. The molecule has 0 aliphatic heterocycles. The van der Waals surface area contributed by atoms with E-state index in [2.05, 4.69) is 27.6 Å². The lowest BCUT2D eigenvalue weighted by Crippen LogP contribution is -2.36. The summed E-state index contributed by atoms with van der Waals surface area (Å²) in [5, 5.41) is 10.6. The van der Waals surface area contributed by atoms with Crippen LogP contribution in [0.25, 0.3) is 0 Å². The van der Waals surface area contributed by atoms with Crippen molar-refractivity contribution in [2.45, 2.75) is 33.4 Å². The molecule has 0 radical (unpaired) electrons. The minimum absolute atomic E-state index is 0.202. The number of halogens is 2. The molecule has 0 atom stereocenters. The molecule has 1 aromatic heterocycles. The van der Waals surface area contributed by atoms with Gasteiger partial charge in [0, 0.05) is 34.6 Å². The van der Waals surface area contributed by atoms with Crippen LogP contribution in [0.2, 0.25) is 5.02 Å². The molecule has 156 valence electrons. The Bertz CT molecular complexity index is 1060. The minimum atomic E-state index is -0.391. The molecule has 0 fully saturated rings. The number of hydrogen-bond donors (Lipinski definition) is 2. The van der Waals surface area contributed by atoms with E-state index >= 15 is 0 Å². The van der Waals surface area contributed by atoms with Gasteiger partial charge in [0.15, 0.2) is 0 Å². The van der Waals surface area contributed by atoms with Crippen molar-refractivity contribution >= 4 is 29.2 Å². The van der Waals surface area contributed by atoms with Crippen LogP contribution < -0.4 is 10.6 Å². The molecule has 6 nitrogen and oxygen atoms in total. The fourth-order valence-electron chi connectivity index (χ4n) is 2.84. The summed E-state index contributed by atoms with van der Waals surface area (Å²) in [6.45, 7) is 5.13. The molecule has 3 aromatic rings. The van der Waals surface area contributed by atoms with E-state index in [-0.39, 0.29) is 11.9 Å². The number of hydrogen-bond acceptors (Lipinski definition) is 3. The third kappa shape index (κ3) is 5.90. The Hall–Kier alpha value is -3.19. The van der Waals surface area contributed by atoms with Crippen LogP contribution in [0.4, 0.5) is 10.1 Å². The summed E-state index contributed by atoms with van der Waals surface area (Å²) in [5.74, 6) is -0.566. The van der Waals surface area contributed by atoms with Gasteiger partial charge in [-0.05, 0) is 49.7 Å². The fraction of sp³-hybridized carbons (Fsp3) is 0.227. The first-order valence-corrected chi connectivity index (χ1v) is 9.99. The van der Waals surface area contributed by atoms with Crippen LogP contribution in [-0.2, 0) is 13.1 Å². The average Bonchev–Trinajstić information content (AvgIpc) is 3.05. The van der Waals surface area contributed by atoms with Gasteiger partial charge in [-0.15, -0.1) is 0 Å². The highest BCUT2D eigenvalue weighted by Gasteiger charge is 2.11. The quantitative estimate of drug-likeness (QED) is 0.438. The van der Waals surface area contributed by atoms with Crippen LogP contribution >= 0.6 is 11.6 Å². The Morgan fingerprint density at radius 2 is 2.03 bits per heavy atom. The van der Waals surface area contributed by atoms with Gasteiger partial charge >= 0.3 is 0 Å². The molecule has 30 heavy (non-hydrogen) atoms. The number of aromatic nitrogens is 2. The summed E-state index contributed by atoms with van der Waals surface area (Å²) in [7, 11) is 0. The average molecular weight is 428 g/mol. The first-order chi connectivity index (χ1) is 14.4. The highest BCUT2D eigenvalue weighted by molar-refractivity contribution is 6.31. The summed E-state index contributed by atoms with van der Waals surface area (Å²) < 4.78 is 15.5. The number of guanidine groups is 1. The molecular weight excluding hydrogens is 405 g/mol. The van der Waals surface area contributed by atoms with Crippen LogP contribution in [0.3, 0.4) is 0 Å². The second-order valence-electron chi connectivity index (χ2n) is 6.77. The van der Waals surface area contributed by atoms with E-state index in [1.807, 2.05) is 17.8 Å². The molecule has 3 rings (SSSR count). The van der Waals surface area contributed by atoms with Gasteiger partial charge in [-0.1, -0.05) is 30.7 Å². The van der Waals surface area contributed by atoms with E-state index in [0.29, 0.717) is 22.8 Å². The Kier molecular flexibility index (Phi) is 7.19. The van der Waals surface area contributed by atoms with E-state index < -0.39 is 5.82 Å². The van der Waals surface area contributed by atoms with E-state index in [9.17, 15) is 9.18 Å². The zero-order chi connectivity index (χ0) is 21.5. The van der Waals surface area contributed by atoms with Gasteiger partial charge in [0.25, 0.3) is 5.91 Å². The standard InChI is InChI=1S/C22H23ClFN5O/c1-3-10-29-14-17(15(2)28-29)13-25-22(26-20-9-5-8-19(24)12-20)27-21(30)16-6-4-7-18(23)11-16/h4-9,11-12,14H,3,10,13H2,1-2H3,(H2,25,26,27,30). The van der Waals surface area contributed by atoms with Gasteiger partial charge in [-0.25, -0.2) is 9.38 Å². The Labute approximate surface area is 179 Å². The van der Waals surface area contributed by atoms with E-state index in [0.717, 1.165) is 24.2 Å². The second kappa shape index (κ2) is 10.0. The van der Waals surface area contributed by atoms with Gasteiger partial charge in [0.2, 0.25) is 5.96 Å². The molecule has 0 unspecified atom stereocenters. The maximum Gasteiger partial charge on any atom is 0.258 e. The van der Waals surface area contributed by atoms with Crippen LogP contribution in [-0.4, -0.2) is 21.6 Å². The molecule has 0 aliphatic rings. The Balaban J connectivity index is 1.82. The van der Waals surface area contributed by atoms with Crippen LogP contribution in [0.5, 0.6) is 0 Å². The fourth-order valence-corrected chi connectivity index (χ4v) is 3.04. The number of carbonyl (C=O) groups excluding carboxylic acids is 1. The maximum atomic E-state index is 13.6. The lowest BCUT2D eigenvalue weighted by Gasteiger charge is -2.12. The third-order valence-electron chi connectivity index (χ3n) is 4.31. The number of nitrogens with zero attached hydrogens (tertiary/aromatic N) is 3. The highest BCUT2D eigenvalue weighted by Crippen LogP contribution is 2.13. The Morgan fingerprint density at radius 1 is 1.23 bits per heavy atom. The number of aryl methyl sites for hydroxylation is 2. The van der Waals surface area contributed by atoms with Gasteiger partial charge in [0.05, 0.1) is 12.2 Å². The molecule has 0 bridgehead atoms. The van der Waals surface area contributed by atoms with Crippen molar-refractivity contribution in [1.82, 2.24) is 15.1 Å². The smallest absolute Gasteiger partial charge is 0.258 e. The van der Waals surface area contributed by atoms with Crippen LogP contribution in [0.15, 0.2) is 59.7 Å². The van der Waals surface area contributed by atoms with Crippen LogP contribution in [0.1, 0.15) is 35.0 Å². The summed E-state index contributed by atoms with van der Waals surface area (Å²) >= 11 is 5.98. The van der Waals surface area contributed by atoms with Crippen molar-refractivity contribution in [3.05, 3.63) is 82.4 Å². The van der Waals surface area contributed by atoms with E-state index in [1.54, 1.807) is 36.4 Å². The molecular formula is C22H23ClFN5O. The molecule has 1 heterocycles. The van der Waals surface area contributed by atoms with Crippen molar-refractivity contribution in [1.29, 1.82) is 0 Å². The summed E-state index contributed by atoms with van der Waals surface area (Å²) in [5.41, 5.74) is 2.68. The summed E-state index contributed by atoms with van der Waals surface area (Å²) in [6, 6.07) is 12.5. The zero-order valence-electron chi connectivity index (χ0n) is 16.8. The maximum absolute atomic E-state index is 13.6. The molecule has 0 saturated heterocycles. The largest absolute Gasteiger partial charge is 0.326 e. The first kappa shape index (κ1) is 21.5. The van der Waals surface area contributed by atoms with Crippen molar-refractivity contribution in [3.8, 4) is 0 Å². The monoisotopic (exact) mass is 427 g/mol. The number of rotatable bonds is 6. The highest BCUT2D eigenvalue weighted by atomic mass is 35.5. The molecule has 2 aromatic carbocycles. The second-order valence-corrected chi connectivity index (χ2v) is 7.20. The number of aliphatic imine (C=N–C) groups is 1. The predicted octanol–water partition coefficient (Wildman–Crippen LogP) is 4.79. The number of carbonyl (C=O) groups is 1. The van der Waals surface area contributed by atoms with Crippen molar-refractivity contribution in [2.75, 3.05) is 5.32 Å². The SMILES string of the molecule is CCCn1cc(CN=C(NC(=O)c2cccc(Cl)c2)Nc2cccc(F)c2)c(C)n1. The molecule has 0 spiro atoms. The van der Waals surface area contributed by atoms with E-state index in [4.69, 9.17) is 11.6 Å². The zero-order valence-corrected chi connectivity index (χ0v) is 17.6. The summed E-state index contributed by atoms with van der Waals surface area (Å²) in [6.07, 6.45) is 2.92. The van der Waals surface area contributed by atoms with Crippen LogP contribution in [0, 0.1) is 12.7 Å². The predicted molar refractivity (Wildman–Crippen MR) is 117 cm³/mol. The lowest BCUT2D eigenvalue weighted by molar-refractivity contribution is 0.0977. The molecule has 0 aliphatic carbocycles. The number of benzene rings is 2. The van der Waals surface area contributed by atoms with E-state index in [1.165, 1.54) is 12.1 Å². The molecule has 0 saturated carbocycles. The molecule has 8 heteroatoms. The molecule has 1 amide bonds.